The van der Waals surface area contributed by atoms with E-state index in [0.29, 0.717) is 6.54 Å². The van der Waals surface area contributed by atoms with E-state index in [-0.39, 0.29) is 0 Å². The Kier molecular flexibility index (Phi) is 3.94. The summed E-state index contributed by atoms with van der Waals surface area (Å²) in [6, 6.07) is 14.8. The molecular formula is C20H21N7. The van der Waals surface area contributed by atoms with Crippen LogP contribution in [0.2, 0.25) is 0 Å². The number of fused-ring (bicyclic) bond motifs is 2. The highest BCUT2D eigenvalue weighted by atomic mass is 15.4. The van der Waals surface area contributed by atoms with Crippen LogP contribution in [0.25, 0.3) is 21.9 Å². The number of hydrogen-bond acceptors (Lipinski definition) is 6. The first-order valence-corrected chi connectivity index (χ1v) is 9.24. The van der Waals surface area contributed by atoms with E-state index in [1.165, 1.54) is 16.3 Å². The predicted octanol–water partition coefficient (Wildman–Crippen LogP) is 2.17. The Balaban J connectivity index is 1.52. The van der Waals surface area contributed by atoms with Crippen LogP contribution in [0.4, 0.5) is 5.82 Å². The lowest BCUT2D eigenvalue weighted by molar-refractivity contribution is 0.312. The Labute approximate surface area is 157 Å². The molecule has 27 heavy (non-hydrogen) atoms. The molecule has 4 aromatic rings. The van der Waals surface area contributed by atoms with Crippen LogP contribution in [0.3, 0.4) is 0 Å². The number of benzene rings is 2. The second kappa shape index (κ2) is 6.59. The number of piperazine rings is 1. The van der Waals surface area contributed by atoms with Crippen molar-refractivity contribution in [3.05, 3.63) is 54.4 Å². The Morgan fingerprint density at radius 3 is 2.63 bits per heavy atom. The van der Waals surface area contributed by atoms with Crippen molar-refractivity contribution >= 4 is 27.8 Å². The minimum Gasteiger partial charge on any atom is -0.352 e. The molecule has 3 heterocycles. The maximum Gasteiger partial charge on any atom is 0.184 e. The zero-order valence-electron chi connectivity index (χ0n) is 15.3. The van der Waals surface area contributed by atoms with Crippen LogP contribution >= 0.6 is 0 Å². The number of likely N-dealkylation sites (N-methyl/N-ethyl adjacent to an activating group) is 1. The molecule has 7 nitrogen and oxygen atoms in total. The molecule has 0 amide bonds. The molecule has 7 heteroatoms. The summed E-state index contributed by atoms with van der Waals surface area (Å²) in [5, 5.41) is 11.3. The van der Waals surface area contributed by atoms with E-state index >= 15 is 0 Å². The molecule has 0 bridgehead atoms. The molecule has 1 saturated heterocycles. The lowest BCUT2D eigenvalue weighted by atomic mass is 10.0. The average Bonchev–Trinajstić information content (AvgIpc) is 3.12. The van der Waals surface area contributed by atoms with Gasteiger partial charge in [0, 0.05) is 26.2 Å². The van der Waals surface area contributed by atoms with Crippen molar-refractivity contribution in [3.63, 3.8) is 0 Å². The molecule has 0 atom stereocenters. The molecule has 0 saturated carbocycles. The largest absolute Gasteiger partial charge is 0.352 e. The SMILES string of the molecule is CN1CCN(c2ncnc3c2nnn3Cc2cccc3ccccc23)CC1. The van der Waals surface area contributed by atoms with Gasteiger partial charge in [-0.3, -0.25) is 0 Å². The summed E-state index contributed by atoms with van der Waals surface area (Å²) >= 11 is 0. The predicted molar refractivity (Wildman–Crippen MR) is 106 cm³/mol. The minimum absolute atomic E-state index is 0.636. The number of nitrogens with zero attached hydrogens (tertiary/aromatic N) is 7. The van der Waals surface area contributed by atoms with Crippen LogP contribution in [0.5, 0.6) is 0 Å². The van der Waals surface area contributed by atoms with Gasteiger partial charge in [0.15, 0.2) is 17.0 Å². The lowest BCUT2D eigenvalue weighted by Crippen LogP contribution is -2.44. The van der Waals surface area contributed by atoms with E-state index < -0.39 is 0 Å². The first kappa shape index (κ1) is 16.1. The van der Waals surface area contributed by atoms with Gasteiger partial charge in [-0.25, -0.2) is 14.6 Å². The van der Waals surface area contributed by atoms with Crippen molar-refractivity contribution in [2.75, 3.05) is 38.1 Å². The van der Waals surface area contributed by atoms with Crippen molar-refractivity contribution < 1.29 is 0 Å². The first-order chi connectivity index (χ1) is 13.3. The standard InChI is InChI=1S/C20H21N7/c1-25-9-11-26(12-10-25)19-18-20(22-14-21-19)27(24-23-18)13-16-7-4-6-15-5-2-3-8-17(15)16/h2-8,14H,9-13H2,1H3. The summed E-state index contributed by atoms with van der Waals surface area (Å²) in [6.45, 7) is 4.57. The third kappa shape index (κ3) is 2.90. The van der Waals surface area contributed by atoms with Crippen LogP contribution in [-0.2, 0) is 6.54 Å². The maximum atomic E-state index is 4.51. The summed E-state index contributed by atoms with van der Waals surface area (Å²) < 4.78 is 1.87. The summed E-state index contributed by atoms with van der Waals surface area (Å²) in [5.74, 6) is 0.886. The zero-order chi connectivity index (χ0) is 18.2. The highest BCUT2D eigenvalue weighted by Crippen LogP contribution is 2.24. The molecule has 1 aliphatic rings. The number of hydrogen-bond donors (Lipinski definition) is 0. The van der Waals surface area contributed by atoms with E-state index in [2.05, 4.69) is 79.6 Å². The molecule has 0 aliphatic carbocycles. The molecular weight excluding hydrogens is 338 g/mol. The summed E-state index contributed by atoms with van der Waals surface area (Å²) in [6.07, 6.45) is 1.62. The molecule has 0 spiro atoms. The van der Waals surface area contributed by atoms with Crippen molar-refractivity contribution in [1.29, 1.82) is 0 Å². The summed E-state index contributed by atoms with van der Waals surface area (Å²) in [4.78, 5) is 13.6. The highest BCUT2D eigenvalue weighted by Gasteiger charge is 2.20. The Bertz CT molecular complexity index is 1090. The second-order valence-electron chi connectivity index (χ2n) is 7.05. The number of rotatable bonds is 3. The molecule has 2 aromatic carbocycles. The van der Waals surface area contributed by atoms with E-state index in [9.17, 15) is 0 Å². The van der Waals surface area contributed by atoms with Gasteiger partial charge in [0.1, 0.15) is 6.33 Å². The van der Waals surface area contributed by atoms with Crippen molar-refractivity contribution in [3.8, 4) is 0 Å². The van der Waals surface area contributed by atoms with Gasteiger partial charge in [-0.1, -0.05) is 47.7 Å². The van der Waals surface area contributed by atoms with E-state index in [0.717, 1.165) is 43.2 Å². The van der Waals surface area contributed by atoms with E-state index in [4.69, 9.17) is 0 Å². The Morgan fingerprint density at radius 2 is 1.74 bits per heavy atom. The number of anilines is 1. The second-order valence-corrected chi connectivity index (χ2v) is 7.05. The molecule has 5 rings (SSSR count). The molecule has 2 aromatic heterocycles. The fraction of sp³-hybridized carbons (Fsp3) is 0.300. The topological polar surface area (TPSA) is 63.0 Å². The smallest absolute Gasteiger partial charge is 0.184 e. The van der Waals surface area contributed by atoms with Gasteiger partial charge in [0.2, 0.25) is 0 Å². The molecule has 136 valence electrons. The zero-order valence-corrected chi connectivity index (χ0v) is 15.3. The monoisotopic (exact) mass is 359 g/mol. The molecule has 0 N–H and O–H groups in total. The fourth-order valence-electron chi connectivity index (χ4n) is 3.73. The van der Waals surface area contributed by atoms with Crippen molar-refractivity contribution in [2.45, 2.75) is 6.54 Å². The summed E-state index contributed by atoms with van der Waals surface area (Å²) in [5.41, 5.74) is 2.77. The van der Waals surface area contributed by atoms with Crippen LogP contribution in [0, 0.1) is 0 Å². The van der Waals surface area contributed by atoms with Gasteiger partial charge >= 0.3 is 0 Å². The fourth-order valence-corrected chi connectivity index (χ4v) is 3.73. The molecule has 1 aliphatic heterocycles. The molecule has 1 fully saturated rings. The molecule has 0 radical (unpaired) electrons. The summed E-state index contributed by atoms with van der Waals surface area (Å²) in [7, 11) is 2.15. The Hall–Kier alpha value is -3.06. The van der Waals surface area contributed by atoms with Gasteiger partial charge in [-0.2, -0.15) is 0 Å². The third-order valence-corrected chi connectivity index (χ3v) is 5.28. The van der Waals surface area contributed by atoms with Crippen LogP contribution in [-0.4, -0.2) is 63.1 Å². The van der Waals surface area contributed by atoms with Crippen molar-refractivity contribution in [1.82, 2.24) is 29.9 Å². The van der Waals surface area contributed by atoms with Crippen molar-refractivity contribution in [2.24, 2.45) is 0 Å². The van der Waals surface area contributed by atoms with Gasteiger partial charge in [0.25, 0.3) is 0 Å². The van der Waals surface area contributed by atoms with Gasteiger partial charge in [-0.15, -0.1) is 5.10 Å². The quantitative estimate of drug-likeness (QED) is 0.559. The van der Waals surface area contributed by atoms with E-state index in [1.807, 2.05) is 4.68 Å². The van der Waals surface area contributed by atoms with Gasteiger partial charge in [-0.05, 0) is 23.4 Å². The average molecular weight is 359 g/mol. The number of aromatic nitrogens is 5. The van der Waals surface area contributed by atoms with Gasteiger partial charge < -0.3 is 9.80 Å². The maximum absolute atomic E-state index is 4.51. The van der Waals surface area contributed by atoms with Crippen LogP contribution in [0.1, 0.15) is 5.56 Å². The van der Waals surface area contributed by atoms with Gasteiger partial charge in [0.05, 0.1) is 6.54 Å². The lowest BCUT2D eigenvalue weighted by Gasteiger charge is -2.32. The van der Waals surface area contributed by atoms with Crippen LogP contribution < -0.4 is 4.90 Å². The first-order valence-electron chi connectivity index (χ1n) is 9.24. The van der Waals surface area contributed by atoms with Crippen LogP contribution in [0.15, 0.2) is 48.8 Å². The third-order valence-electron chi connectivity index (χ3n) is 5.28. The van der Waals surface area contributed by atoms with E-state index in [1.54, 1.807) is 6.33 Å². The normalized spacial score (nSPS) is 15.7. The minimum atomic E-state index is 0.636. The highest BCUT2D eigenvalue weighted by molar-refractivity contribution is 5.86. The Morgan fingerprint density at radius 1 is 0.926 bits per heavy atom. The molecule has 0 unspecified atom stereocenters.